The topological polar surface area (TPSA) is 27.1 Å². The second-order valence-corrected chi connectivity index (χ2v) is 2.55. The van der Waals surface area contributed by atoms with E-state index in [0.29, 0.717) is 0 Å². The van der Waals surface area contributed by atoms with Crippen LogP contribution >= 0.6 is 0 Å². The maximum Gasteiger partial charge on any atom is 0.214 e. The lowest BCUT2D eigenvalue weighted by Gasteiger charge is -2.12. The van der Waals surface area contributed by atoms with Crippen LogP contribution < -0.4 is 4.74 Å². The predicted molar refractivity (Wildman–Crippen MR) is 37.0 cm³/mol. The SMILES string of the molecule is Cn1ncc2c1OCCC2. The van der Waals surface area contributed by atoms with Gasteiger partial charge in [-0.2, -0.15) is 5.10 Å². The minimum absolute atomic E-state index is 0.840. The van der Waals surface area contributed by atoms with E-state index in [2.05, 4.69) is 5.10 Å². The van der Waals surface area contributed by atoms with Gasteiger partial charge in [0.15, 0.2) is 0 Å². The van der Waals surface area contributed by atoms with Crippen LogP contribution in [0.3, 0.4) is 0 Å². The predicted octanol–water partition coefficient (Wildman–Crippen LogP) is 0.745. The summed E-state index contributed by atoms with van der Waals surface area (Å²) in [5.74, 6) is 0.950. The van der Waals surface area contributed by atoms with Crippen LogP contribution in [0.5, 0.6) is 5.88 Å². The summed E-state index contributed by atoms with van der Waals surface area (Å²) in [4.78, 5) is 0. The number of nitrogens with zero attached hydrogens (tertiary/aromatic N) is 2. The molecule has 0 bridgehead atoms. The summed E-state index contributed by atoms with van der Waals surface area (Å²) in [6, 6.07) is 0. The third-order valence-electron chi connectivity index (χ3n) is 1.78. The van der Waals surface area contributed by atoms with Crippen LogP contribution in [0.15, 0.2) is 6.20 Å². The molecule has 1 aliphatic heterocycles. The molecular weight excluding hydrogens is 128 g/mol. The summed E-state index contributed by atoms with van der Waals surface area (Å²) in [5.41, 5.74) is 1.24. The molecule has 2 heterocycles. The van der Waals surface area contributed by atoms with E-state index in [1.54, 1.807) is 4.68 Å². The maximum atomic E-state index is 5.39. The first-order valence-corrected chi connectivity index (χ1v) is 3.51. The van der Waals surface area contributed by atoms with Crippen molar-refractivity contribution in [1.82, 2.24) is 9.78 Å². The third-order valence-corrected chi connectivity index (χ3v) is 1.78. The fraction of sp³-hybridized carbons (Fsp3) is 0.571. The monoisotopic (exact) mass is 138 g/mol. The lowest BCUT2D eigenvalue weighted by molar-refractivity contribution is 0.264. The van der Waals surface area contributed by atoms with Gasteiger partial charge in [-0.05, 0) is 12.8 Å². The van der Waals surface area contributed by atoms with Crippen molar-refractivity contribution in [3.8, 4) is 5.88 Å². The van der Waals surface area contributed by atoms with E-state index in [9.17, 15) is 0 Å². The van der Waals surface area contributed by atoms with E-state index < -0.39 is 0 Å². The van der Waals surface area contributed by atoms with E-state index in [1.807, 2.05) is 13.2 Å². The average molecular weight is 138 g/mol. The summed E-state index contributed by atoms with van der Waals surface area (Å²) in [7, 11) is 1.91. The van der Waals surface area contributed by atoms with Gasteiger partial charge in [-0.15, -0.1) is 0 Å². The Bertz CT molecular complexity index is 242. The Morgan fingerprint density at radius 1 is 1.70 bits per heavy atom. The fourth-order valence-corrected chi connectivity index (χ4v) is 1.26. The van der Waals surface area contributed by atoms with Crippen LogP contribution in [0, 0.1) is 0 Å². The second kappa shape index (κ2) is 2.01. The molecule has 0 amide bonds. The number of hydrogen-bond donors (Lipinski definition) is 0. The lowest BCUT2D eigenvalue weighted by Crippen LogP contribution is -2.09. The van der Waals surface area contributed by atoms with Crippen LogP contribution in [0.1, 0.15) is 12.0 Å². The molecule has 54 valence electrons. The number of aromatic nitrogens is 2. The second-order valence-electron chi connectivity index (χ2n) is 2.55. The molecule has 0 N–H and O–H groups in total. The highest BCUT2D eigenvalue weighted by atomic mass is 16.5. The molecule has 10 heavy (non-hydrogen) atoms. The molecule has 0 radical (unpaired) electrons. The minimum atomic E-state index is 0.840. The molecule has 0 atom stereocenters. The van der Waals surface area contributed by atoms with E-state index in [0.717, 1.165) is 25.3 Å². The van der Waals surface area contributed by atoms with Crippen molar-refractivity contribution in [2.45, 2.75) is 12.8 Å². The van der Waals surface area contributed by atoms with E-state index >= 15 is 0 Å². The van der Waals surface area contributed by atoms with Crippen LogP contribution in [0.2, 0.25) is 0 Å². The Labute approximate surface area is 59.6 Å². The first-order valence-electron chi connectivity index (χ1n) is 3.51. The summed E-state index contributed by atoms with van der Waals surface area (Å²) in [6.07, 6.45) is 4.12. The Balaban J connectivity index is 2.45. The smallest absolute Gasteiger partial charge is 0.214 e. The highest BCUT2D eigenvalue weighted by Gasteiger charge is 2.13. The minimum Gasteiger partial charge on any atom is -0.478 e. The molecule has 0 spiro atoms. The quantitative estimate of drug-likeness (QED) is 0.529. The molecule has 1 aliphatic rings. The summed E-state index contributed by atoms with van der Waals surface area (Å²) >= 11 is 0. The summed E-state index contributed by atoms with van der Waals surface area (Å²) in [5, 5.41) is 4.09. The fourth-order valence-electron chi connectivity index (χ4n) is 1.26. The lowest BCUT2D eigenvalue weighted by atomic mass is 10.2. The number of hydrogen-bond acceptors (Lipinski definition) is 2. The number of fused-ring (bicyclic) bond motifs is 1. The maximum absolute atomic E-state index is 5.39. The molecule has 3 heteroatoms. The van der Waals surface area contributed by atoms with Gasteiger partial charge in [0.05, 0.1) is 12.8 Å². The van der Waals surface area contributed by atoms with E-state index in [4.69, 9.17) is 4.74 Å². The van der Waals surface area contributed by atoms with Gasteiger partial charge in [0.2, 0.25) is 5.88 Å². The number of ether oxygens (including phenoxy) is 1. The zero-order chi connectivity index (χ0) is 6.97. The number of rotatable bonds is 0. The molecule has 1 aromatic heterocycles. The van der Waals surface area contributed by atoms with Crippen LogP contribution in [-0.2, 0) is 13.5 Å². The zero-order valence-electron chi connectivity index (χ0n) is 6.00. The number of aryl methyl sites for hydroxylation is 2. The van der Waals surface area contributed by atoms with Gasteiger partial charge < -0.3 is 4.74 Å². The van der Waals surface area contributed by atoms with Crippen molar-refractivity contribution < 1.29 is 4.74 Å². The van der Waals surface area contributed by atoms with Crippen molar-refractivity contribution in [2.75, 3.05) is 6.61 Å². The van der Waals surface area contributed by atoms with E-state index in [1.165, 1.54) is 5.56 Å². The molecule has 1 aromatic rings. The molecule has 0 aromatic carbocycles. The molecule has 3 nitrogen and oxygen atoms in total. The van der Waals surface area contributed by atoms with Crippen LogP contribution in [-0.4, -0.2) is 16.4 Å². The summed E-state index contributed by atoms with van der Waals surface area (Å²) in [6.45, 7) is 0.840. The van der Waals surface area contributed by atoms with Gasteiger partial charge in [-0.25, -0.2) is 4.68 Å². The van der Waals surface area contributed by atoms with Gasteiger partial charge in [0.1, 0.15) is 0 Å². The zero-order valence-corrected chi connectivity index (χ0v) is 6.00. The normalized spacial score (nSPS) is 16.1. The average Bonchev–Trinajstić information content (AvgIpc) is 2.34. The van der Waals surface area contributed by atoms with Crippen molar-refractivity contribution >= 4 is 0 Å². The third kappa shape index (κ3) is 0.701. The van der Waals surface area contributed by atoms with Crippen molar-refractivity contribution in [3.05, 3.63) is 11.8 Å². The van der Waals surface area contributed by atoms with Gasteiger partial charge in [0, 0.05) is 12.6 Å². The Hall–Kier alpha value is -0.990. The van der Waals surface area contributed by atoms with Crippen LogP contribution in [0.4, 0.5) is 0 Å². The van der Waals surface area contributed by atoms with Gasteiger partial charge in [-0.3, -0.25) is 0 Å². The highest BCUT2D eigenvalue weighted by Crippen LogP contribution is 2.22. The molecule has 0 fully saturated rings. The standard InChI is InChI=1S/C7H10N2O/c1-9-7-6(5-8-9)3-2-4-10-7/h5H,2-4H2,1H3. The first-order chi connectivity index (χ1) is 4.88. The molecule has 0 saturated heterocycles. The largest absolute Gasteiger partial charge is 0.478 e. The van der Waals surface area contributed by atoms with Gasteiger partial charge in [0.25, 0.3) is 0 Å². The highest BCUT2D eigenvalue weighted by molar-refractivity contribution is 5.25. The Morgan fingerprint density at radius 3 is 3.40 bits per heavy atom. The molecular formula is C7H10N2O. The molecule has 0 saturated carbocycles. The van der Waals surface area contributed by atoms with Crippen molar-refractivity contribution in [2.24, 2.45) is 7.05 Å². The molecule has 0 unspecified atom stereocenters. The van der Waals surface area contributed by atoms with Crippen molar-refractivity contribution in [3.63, 3.8) is 0 Å². The van der Waals surface area contributed by atoms with E-state index in [-0.39, 0.29) is 0 Å². The summed E-state index contributed by atoms with van der Waals surface area (Å²) < 4.78 is 7.18. The van der Waals surface area contributed by atoms with Crippen molar-refractivity contribution in [1.29, 1.82) is 0 Å². The molecule has 0 aliphatic carbocycles. The van der Waals surface area contributed by atoms with Gasteiger partial charge >= 0.3 is 0 Å². The van der Waals surface area contributed by atoms with Crippen LogP contribution in [0.25, 0.3) is 0 Å². The Kier molecular flexibility index (Phi) is 1.16. The Morgan fingerprint density at radius 2 is 2.60 bits per heavy atom. The first kappa shape index (κ1) is 5.77. The van der Waals surface area contributed by atoms with Gasteiger partial charge in [-0.1, -0.05) is 0 Å². The molecule has 2 rings (SSSR count).